The van der Waals surface area contributed by atoms with Gasteiger partial charge >= 0.3 is 18.2 Å². The summed E-state index contributed by atoms with van der Waals surface area (Å²) in [7, 11) is 0. The van der Waals surface area contributed by atoms with E-state index in [-0.39, 0.29) is 50.8 Å². The lowest BCUT2D eigenvalue weighted by molar-refractivity contribution is -0.151. The Labute approximate surface area is 302 Å². The number of esters is 1. The van der Waals surface area contributed by atoms with Gasteiger partial charge in [-0.05, 0) is 51.2 Å². The maximum absolute atomic E-state index is 13.4. The fourth-order valence-corrected chi connectivity index (χ4v) is 7.29. The van der Waals surface area contributed by atoms with Crippen LogP contribution in [-0.2, 0) is 19.0 Å². The van der Waals surface area contributed by atoms with E-state index in [9.17, 15) is 34.8 Å². The molecule has 4 rings (SSSR count). The van der Waals surface area contributed by atoms with Crippen LogP contribution in [0.3, 0.4) is 0 Å². The number of likely N-dealkylation sites (tertiary alicyclic amines) is 1. The summed E-state index contributed by atoms with van der Waals surface area (Å²) in [6, 6.07) is 0.574. The summed E-state index contributed by atoms with van der Waals surface area (Å²) in [6.45, 7) is 10.0. The summed E-state index contributed by atoms with van der Waals surface area (Å²) in [6.07, 6.45) is 10.6. The molecular formula is C38H61N3O10. The van der Waals surface area contributed by atoms with E-state index in [1.54, 1.807) is 36.1 Å². The number of aliphatic hydroxyl groups is 4. The van der Waals surface area contributed by atoms with E-state index in [1.807, 2.05) is 26.8 Å². The average molecular weight is 720 g/mol. The number of carbonyl (C=O) groups excluding carboxylic acids is 3. The highest BCUT2D eigenvalue weighted by atomic mass is 16.6. The van der Waals surface area contributed by atoms with E-state index in [2.05, 4.69) is 4.90 Å². The van der Waals surface area contributed by atoms with Crippen LogP contribution in [-0.4, -0.2) is 141 Å². The van der Waals surface area contributed by atoms with Crippen molar-refractivity contribution in [1.29, 1.82) is 0 Å². The summed E-state index contributed by atoms with van der Waals surface area (Å²) >= 11 is 0. The quantitative estimate of drug-likeness (QED) is 0.0999. The van der Waals surface area contributed by atoms with Crippen molar-refractivity contribution < 1.29 is 49.0 Å². The zero-order chi connectivity index (χ0) is 37.1. The molecule has 288 valence electrons. The number of piperazine rings is 1. The summed E-state index contributed by atoms with van der Waals surface area (Å²) in [5, 5.41) is 41.5. The summed E-state index contributed by atoms with van der Waals surface area (Å²) in [4.78, 5) is 44.1. The Morgan fingerprint density at radius 3 is 2.27 bits per heavy atom. The number of β-amino-alcohol motifs (C(OH)–C–C–N with tert-alkyl or cyclic N) is 2. The average Bonchev–Trinajstić information content (AvgIpc) is 3.25. The number of aliphatic hydroxyl groups excluding tert-OH is 3. The Morgan fingerprint density at radius 1 is 0.980 bits per heavy atom. The summed E-state index contributed by atoms with van der Waals surface area (Å²) in [5.41, 5.74) is -0.769. The van der Waals surface area contributed by atoms with Crippen LogP contribution in [0.1, 0.15) is 85.5 Å². The van der Waals surface area contributed by atoms with Gasteiger partial charge in [0.1, 0.15) is 11.7 Å². The van der Waals surface area contributed by atoms with Crippen molar-refractivity contribution in [1.82, 2.24) is 14.7 Å². The number of allylic oxidation sites excluding steroid dienone is 2. The van der Waals surface area contributed by atoms with Crippen LogP contribution in [0.4, 0.5) is 9.59 Å². The lowest BCUT2D eigenvalue weighted by Gasteiger charge is -2.40. The minimum Gasteiger partial charge on any atom is -0.457 e. The predicted molar refractivity (Wildman–Crippen MR) is 191 cm³/mol. The highest BCUT2D eigenvalue weighted by Gasteiger charge is 2.37. The number of ether oxygens (including phenoxy) is 3. The molecule has 3 aliphatic heterocycles. The number of nitrogens with zero attached hydrogens (tertiary/aromatic N) is 3. The molecule has 0 aromatic carbocycles. The van der Waals surface area contributed by atoms with Gasteiger partial charge in [-0.15, -0.1) is 0 Å². The number of carbonyl (C=O) groups is 3. The van der Waals surface area contributed by atoms with Crippen LogP contribution in [0.2, 0.25) is 0 Å². The van der Waals surface area contributed by atoms with Crippen molar-refractivity contribution in [3.8, 4) is 0 Å². The maximum atomic E-state index is 13.4. The fraction of sp³-hybridized carbons (Fsp3) is 0.763. The second-order valence-corrected chi connectivity index (χ2v) is 15.3. The van der Waals surface area contributed by atoms with Gasteiger partial charge in [-0.1, -0.05) is 63.8 Å². The smallest absolute Gasteiger partial charge is 0.410 e. The van der Waals surface area contributed by atoms with E-state index in [4.69, 9.17) is 14.2 Å². The molecule has 4 N–H and O–H groups in total. The largest absolute Gasteiger partial charge is 0.457 e. The molecule has 2 saturated heterocycles. The molecule has 0 aromatic rings. The highest BCUT2D eigenvalue weighted by molar-refractivity contribution is 5.70. The van der Waals surface area contributed by atoms with Crippen LogP contribution in [0.25, 0.3) is 0 Å². The minimum absolute atomic E-state index is 0.0221. The Balaban J connectivity index is 1.39. The van der Waals surface area contributed by atoms with Gasteiger partial charge in [0.25, 0.3) is 0 Å². The lowest BCUT2D eigenvalue weighted by Crippen LogP contribution is -2.53. The van der Waals surface area contributed by atoms with Crippen LogP contribution >= 0.6 is 0 Å². The Hall–Kier alpha value is -2.97. The molecule has 0 bridgehead atoms. The molecule has 0 unspecified atom stereocenters. The first-order valence-electron chi connectivity index (χ1n) is 18.8. The zero-order valence-electron chi connectivity index (χ0n) is 30.9. The topological polar surface area (TPSA) is 170 Å². The monoisotopic (exact) mass is 719 g/mol. The third kappa shape index (κ3) is 12.3. The van der Waals surface area contributed by atoms with Crippen LogP contribution in [0.15, 0.2) is 36.0 Å². The third-order valence-corrected chi connectivity index (χ3v) is 10.7. The van der Waals surface area contributed by atoms with Gasteiger partial charge in [-0.25, -0.2) is 9.59 Å². The van der Waals surface area contributed by atoms with Gasteiger partial charge in [0.15, 0.2) is 6.10 Å². The second kappa shape index (κ2) is 19.2. The minimum atomic E-state index is -1.49. The van der Waals surface area contributed by atoms with Crippen molar-refractivity contribution in [3.05, 3.63) is 36.0 Å². The number of cyclic esters (lactones) is 1. The molecule has 2 amide bonds. The van der Waals surface area contributed by atoms with Gasteiger partial charge < -0.3 is 44.4 Å². The molecule has 1 aliphatic carbocycles. The summed E-state index contributed by atoms with van der Waals surface area (Å²) < 4.78 is 17.2. The van der Waals surface area contributed by atoms with E-state index >= 15 is 0 Å². The molecule has 0 radical (unpaired) electrons. The first-order valence-corrected chi connectivity index (χ1v) is 18.8. The molecule has 13 nitrogen and oxygen atoms in total. The first-order chi connectivity index (χ1) is 24.2. The number of amides is 2. The Kier molecular flexibility index (Phi) is 15.4. The summed E-state index contributed by atoms with van der Waals surface area (Å²) in [5.74, 6) is -1.09. The fourth-order valence-electron chi connectivity index (χ4n) is 7.29. The highest BCUT2D eigenvalue weighted by Crippen LogP contribution is 2.28. The first kappa shape index (κ1) is 40.8. The number of hydrogen-bond acceptors (Lipinski definition) is 11. The molecule has 4 aliphatic rings. The molecule has 3 heterocycles. The van der Waals surface area contributed by atoms with Crippen molar-refractivity contribution in [2.45, 2.75) is 128 Å². The van der Waals surface area contributed by atoms with Crippen molar-refractivity contribution in [2.24, 2.45) is 11.8 Å². The zero-order valence-corrected chi connectivity index (χ0v) is 30.9. The molecule has 13 heteroatoms. The molecular weight excluding hydrogens is 658 g/mol. The molecule has 8 atom stereocenters. The van der Waals surface area contributed by atoms with Crippen molar-refractivity contribution in [2.75, 3.05) is 45.9 Å². The molecule has 3 fully saturated rings. The Bertz CT molecular complexity index is 1230. The van der Waals surface area contributed by atoms with E-state index in [0.717, 1.165) is 18.7 Å². The number of rotatable bonds is 7. The molecule has 0 spiro atoms. The van der Waals surface area contributed by atoms with Gasteiger partial charge in [0, 0.05) is 44.1 Å². The Morgan fingerprint density at radius 2 is 1.63 bits per heavy atom. The maximum Gasteiger partial charge on any atom is 0.410 e. The van der Waals surface area contributed by atoms with Gasteiger partial charge in [-0.3, -0.25) is 9.69 Å². The lowest BCUT2D eigenvalue weighted by atomic mass is 9.89. The normalized spacial score (nSPS) is 33.9. The van der Waals surface area contributed by atoms with E-state index in [1.165, 1.54) is 43.4 Å². The van der Waals surface area contributed by atoms with Crippen LogP contribution in [0, 0.1) is 11.8 Å². The van der Waals surface area contributed by atoms with Crippen molar-refractivity contribution >= 4 is 18.2 Å². The van der Waals surface area contributed by atoms with E-state index < -0.39 is 54.3 Å². The predicted octanol–water partition coefficient (Wildman–Crippen LogP) is 3.54. The second-order valence-electron chi connectivity index (χ2n) is 15.3. The SMILES string of the molecule is C/C(=C\C=C\[C@@H](C)COC(=O)N1C[C@H](O)[C@@H](O)C1)[C@H]1OC(=O)C[C@H](O)CC[C@@](C)(O)[C@@H](OC(=O)N2CCN(C3CCCCCC3)CC2)/C=C\[C@@H]1C. The van der Waals surface area contributed by atoms with Gasteiger partial charge in [-0.2, -0.15) is 0 Å². The molecule has 1 saturated carbocycles. The standard InChI is InChI=1S/C38H61N3O10/c1-26(25-49-36(46)41-23-31(43)32(44)24-41)10-9-11-27(2)35-28(3)14-15-33(38(4,48)17-16-30(42)22-34(45)51-35)50-37(47)40-20-18-39(19-21-40)29-12-7-5-6-8-13-29/h9-11,14-15,26,28-33,35,42-44,48H,5-8,12-13,16-25H2,1-4H3/b10-9+,15-14-,27-11+/t26-,28+,30-,31+,32+,33+,35-,38-/m1/s1. The third-order valence-electron chi connectivity index (χ3n) is 10.7. The molecule has 0 aromatic heterocycles. The van der Waals surface area contributed by atoms with Gasteiger partial charge in [0.05, 0.1) is 44.4 Å². The number of hydrogen-bond donors (Lipinski definition) is 4. The van der Waals surface area contributed by atoms with Crippen LogP contribution in [0.5, 0.6) is 0 Å². The van der Waals surface area contributed by atoms with Gasteiger partial charge in [0.2, 0.25) is 0 Å². The van der Waals surface area contributed by atoms with Crippen molar-refractivity contribution in [3.63, 3.8) is 0 Å². The van der Waals surface area contributed by atoms with Crippen LogP contribution < -0.4 is 0 Å². The molecule has 51 heavy (non-hydrogen) atoms. The van der Waals surface area contributed by atoms with E-state index in [0.29, 0.717) is 19.1 Å².